The highest BCUT2D eigenvalue weighted by atomic mass is 19.4. The van der Waals surface area contributed by atoms with Crippen LogP contribution in [0.5, 0.6) is 0 Å². The maximum absolute atomic E-state index is 13.5. The first kappa shape index (κ1) is 23.4. The molecule has 1 unspecified atom stereocenters. The van der Waals surface area contributed by atoms with Crippen molar-refractivity contribution in [3.63, 3.8) is 0 Å². The van der Waals surface area contributed by atoms with Crippen molar-refractivity contribution in [1.29, 1.82) is 0 Å². The third-order valence-electron chi connectivity index (χ3n) is 3.04. The van der Waals surface area contributed by atoms with Crippen molar-refractivity contribution >= 4 is 0 Å². The Balaban J connectivity index is 6.61. The van der Waals surface area contributed by atoms with Crippen LogP contribution >= 0.6 is 0 Å². The van der Waals surface area contributed by atoms with Gasteiger partial charge in [-0.1, -0.05) is 25.8 Å². The minimum Gasteiger partial charge on any atom is -0.503 e. The van der Waals surface area contributed by atoms with E-state index in [0.717, 1.165) is 0 Å². The summed E-state index contributed by atoms with van der Waals surface area (Å²) in [6.07, 6.45) is -3.09. The van der Waals surface area contributed by atoms with E-state index in [9.17, 15) is 38.5 Å². The van der Waals surface area contributed by atoms with Crippen LogP contribution in [-0.4, -0.2) is 26.2 Å². The van der Waals surface area contributed by atoms with Crippen LogP contribution in [0.1, 0.15) is 0 Å². The lowest BCUT2D eigenvalue weighted by Gasteiger charge is -2.22. The molecular weight excluding hydrogens is 373 g/mol. The maximum atomic E-state index is 13.5. The summed E-state index contributed by atoms with van der Waals surface area (Å²) >= 11 is 0. The van der Waals surface area contributed by atoms with Gasteiger partial charge < -0.3 is 10.2 Å². The van der Waals surface area contributed by atoms with Crippen LogP contribution in [0.25, 0.3) is 0 Å². The average molecular weight is 388 g/mol. The monoisotopic (exact) mass is 388 g/mol. The molecule has 0 saturated heterocycles. The number of aliphatic hydroxyl groups excluding tert-OH is 2. The third-order valence-corrected chi connectivity index (χ3v) is 3.04. The number of alkyl halides is 3. The Bertz CT molecular complexity index is 774. The van der Waals surface area contributed by atoms with Crippen LogP contribution in [0, 0.1) is 26.1 Å². The summed E-state index contributed by atoms with van der Waals surface area (Å²) in [6, 6.07) is 0. The number of rotatable bonds is 9. The van der Waals surface area contributed by atoms with Crippen LogP contribution < -0.4 is 0 Å². The molecule has 0 aliphatic carbocycles. The highest BCUT2D eigenvalue weighted by Crippen LogP contribution is 2.39. The molecule has 1 atom stereocenters. The Labute approximate surface area is 151 Å². The zero-order chi connectivity index (χ0) is 21.5. The first-order valence-corrected chi connectivity index (χ1v) is 6.81. The smallest absolute Gasteiger partial charge is 0.399 e. The zero-order valence-electron chi connectivity index (χ0n) is 13.8. The lowest BCUT2D eigenvalue weighted by molar-refractivity contribution is -0.423. The molecule has 0 aliphatic heterocycles. The number of nitro groups is 2. The summed E-state index contributed by atoms with van der Waals surface area (Å²) in [7, 11) is 0. The summed E-state index contributed by atoms with van der Waals surface area (Å²) < 4.78 is 40.5. The van der Waals surface area contributed by atoms with Crippen molar-refractivity contribution < 1.29 is 33.2 Å². The molecule has 0 bridgehead atoms. The maximum Gasteiger partial charge on any atom is 0.399 e. The summed E-state index contributed by atoms with van der Waals surface area (Å²) in [5.74, 6) is -4.77. The van der Waals surface area contributed by atoms with Crippen LogP contribution in [0.3, 0.4) is 0 Å². The second kappa shape index (κ2) is 9.17. The number of hydrogen-bond acceptors (Lipinski definition) is 6. The number of aliphatic hydroxyl groups is 2. The van der Waals surface area contributed by atoms with E-state index in [-0.39, 0.29) is 0 Å². The van der Waals surface area contributed by atoms with Crippen molar-refractivity contribution in [2.45, 2.75) is 6.18 Å². The zero-order valence-corrected chi connectivity index (χ0v) is 13.8. The number of allylic oxidation sites excluding steroid dienone is 6. The third kappa shape index (κ3) is 6.30. The lowest BCUT2D eigenvalue weighted by atomic mass is 9.89. The van der Waals surface area contributed by atoms with Crippen LogP contribution in [0.2, 0.25) is 0 Å². The molecule has 27 heavy (non-hydrogen) atoms. The average Bonchev–Trinajstić information content (AvgIpc) is 2.53. The van der Waals surface area contributed by atoms with E-state index in [0.29, 0.717) is 24.3 Å². The Kier molecular flexibility index (Phi) is 7.94. The Morgan fingerprint density at radius 3 is 1.81 bits per heavy atom. The van der Waals surface area contributed by atoms with Gasteiger partial charge >= 0.3 is 17.6 Å². The molecule has 0 amide bonds. The molecule has 11 heteroatoms. The molecule has 0 radical (unpaired) electrons. The molecule has 2 N–H and O–H groups in total. The largest absolute Gasteiger partial charge is 0.503 e. The van der Waals surface area contributed by atoms with E-state index in [1.54, 1.807) is 0 Å². The molecule has 146 valence electrons. The van der Waals surface area contributed by atoms with Gasteiger partial charge in [-0.3, -0.25) is 20.2 Å². The molecule has 8 nitrogen and oxygen atoms in total. The molecule has 0 aromatic heterocycles. The molecule has 0 aromatic carbocycles. The first-order chi connectivity index (χ1) is 12.3. The van der Waals surface area contributed by atoms with Gasteiger partial charge in [-0.15, -0.1) is 0 Å². The van der Waals surface area contributed by atoms with Gasteiger partial charge in [0.1, 0.15) is 5.92 Å². The van der Waals surface area contributed by atoms with Crippen LogP contribution in [0.15, 0.2) is 84.7 Å². The number of halogens is 3. The van der Waals surface area contributed by atoms with Crippen molar-refractivity contribution in [3.8, 4) is 0 Å². The van der Waals surface area contributed by atoms with E-state index in [2.05, 4.69) is 26.3 Å². The lowest BCUT2D eigenvalue weighted by Crippen LogP contribution is -2.26. The summed E-state index contributed by atoms with van der Waals surface area (Å²) in [5.41, 5.74) is -3.99. The predicted molar refractivity (Wildman–Crippen MR) is 90.7 cm³/mol. The van der Waals surface area contributed by atoms with E-state index in [4.69, 9.17) is 5.11 Å². The minimum atomic E-state index is -5.09. The van der Waals surface area contributed by atoms with Crippen molar-refractivity contribution in [2.75, 3.05) is 0 Å². The van der Waals surface area contributed by atoms with Crippen molar-refractivity contribution in [2.24, 2.45) is 5.92 Å². The van der Waals surface area contributed by atoms with Crippen molar-refractivity contribution in [1.82, 2.24) is 0 Å². The molecule has 0 rings (SSSR count). The van der Waals surface area contributed by atoms with Crippen LogP contribution in [0.4, 0.5) is 13.2 Å². The Hall–Kier alpha value is -3.63. The van der Waals surface area contributed by atoms with Gasteiger partial charge in [0.25, 0.3) is 0 Å². The van der Waals surface area contributed by atoms with Gasteiger partial charge in [0.05, 0.1) is 9.85 Å². The SMILES string of the molecule is C=C/C(O)=C(\C=C(/C=C)C(C(=C)/C=C(\C(=C)O)[N+](=O)[O-])C(F)(F)F)[N+](=O)[O-]. The standard InChI is InChI=1S/C16H15F3N2O6/c1-5-11(8-13(21(26)27)14(23)6-2)15(16(17,18)19)9(3)7-12(10(4)22)20(24)25/h5-8,15,22-23H,1-4H2/b11-8+,12-7+,14-13-. The topological polar surface area (TPSA) is 127 Å². The molecule has 0 aliphatic rings. The van der Waals surface area contributed by atoms with E-state index >= 15 is 0 Å². The van der Waals surface area contributed by atoms with Gasteiger partial charge in [0.15, 0.2) is 11.5 Å². The molecule has 0 fully saturated rings. The molecule has 0 saturated carbocycles. The normalized spacial score (nSPS) is 14.6. The van der Waals surface area contributed by atoms with Crippen molar-refractivity contribution in [3.05, 3.63) is 105 Å². The van der Waals surface area contributed by atoms with Gasteiger partial charge in [-0.2, -0.15) is 13.2 Å². The fraction of sp³-hybridized carbons (Fsp3) is 0.125. The molecule has 0 spiro atoms. The quantitative estimate of drug-likeness (QED) is 0.262. The summed E-state index contributed by atoms with van der Waals surface area (Å²) in [4.78, 5) is 19.4. The highest BCUT2D eigenvalue weighted by molar-refractivity contribution is 5.40. The van der Waals surface area contributed by atoms with Gasteiger partial charge in [-0.05, 0) is 23.8 Å². The number of hydrogen-bond donors (Lipinski definition) is 2. The Morgan fingerprint density at radius 2 is 1.52 bits per heavy atom. The fourth-order valence-corrected chi connectivity index (χ4v) is 1.86. The second-order valence-corrected chi connectivity index (χ2v) is 4.86. The van der Waals surface area contributed by atoms with Gasteiger partial charge in [0, 0.05) is 12.2 Å². The van der Waals surface area contributed by atoms with Gasteiger partial charge in [0.2, 0.25) is 0 Å². The first-order valence-electron chi connectivity index (χ1n) is 6.81. The number of nitrogens with zero attached hydrogens (tertiary/aromatic N) is 2. The second-order valence-electron chi connectivity index (χ2n) is 4.86. The van der Waals surface area contributed by atoms with E-state index in [1.807, 2.05) is 0 Å². The Morgan fingerprint density at radius 1 is 1.00 bits per heavy atom. The summed E-state index contributed by atoms with van der Waals surface area (Å²) in [6.45, 7) is 12.2. The fourth-order valence-electron chi connectivity index (χ4n) is 1.86. The van der Waals surface area contributed by atoms with Gasteiger partial charge in [-0.25, -0.2) is 0 Å². The molecule has 0 aromatic rings. The minimum absolute atomic E-state index is 0.334. The van der Waals surface area contributed by atoms with E-state index < -0.39 is 56.0 Å². The molecule has 0 heterocycles. The highest BCUT2D eigenvalue weighted by Gasteiger charge is 2.43. The van der Waals surface area contributed by atoms with E-state index in [1.165, 1.54) is 0 Å². The predicted octanol–water partition coefficient (Wildman–Crippen LogP) is 4.30. The molecular formula is C16H15F3N2O6. The van der Waals surface area contributed by atoms with Crippen LogP contribution in [-0.2, 0) is 0 Å². The summed E-state index contributed by atoms with van der Waals surface area (Å²) in [5, 5.41) is 40.3.